The van der Waals surface area contributed by atoms with E-state index in [9.17, 15) is 4.79 Å². The standard InChI is InChI=1S/C16H17N3O2/c1-21-13-7-3-2-6-12(13)16(8-4-9-16)14(20)19-15-17-10-5-11-18-15/h2-3,5-7,10-11H,4,8-9H2,1H3,(H,17,18,19,20). The molecule has 0 aliphatic heterocycles. The average Bonchev–Trinajstić information content (AvgIpc) is 2.48. The fourth-order valence-corrected chi connectivity index (χ4v) is 2.77. The Morgan fingerprint density at radius 1 is 1.19 bits per heavy atom. The third kappa shape index (κ3) is 2.35. The van der Waals surface area contributed by atoms with Crippen LogP contribution in [0.25, 0.3) is 0 Å². The lowest BCUT2D eigenvalue weighted by Crippen LogP contribution is -2.46. The van der Waals surface area contributed by atoms with Crippen molar-refractivity contribution in [1.29, 1.82) is 0 Å². The van der Waals surface area contributed by atoms with Gasteiger partial charge in [-0.3, -0.25) is 10.1 Å². The number of carbonyl (C=O) groups excluding carboxylic acids is 1. The van der Waals surface area contributed by atoms with Gasteiger partial charge in [0.15, 0.2) is 0 Å². The van der Waals surface area contributed by atoms with Crippen molar-refractivity contribution in [3.8, 4) is 5.75 Å². The molecule has 1 aliphatic carbocycles. The Morgan fingerprint density at radius 3 is 2.52 bits per heavy atom. The first-order chi connectivity index (χ1) is 10.3. The van der Waals surface area contributed by atoms with Gasteiger partial charge in [-0.2, -0.15) is 0 Å². The number of anilines is 1. The lowest BCUT2D eigenvalue weighted by molar-refractivity contribution is -0.124. The topological polar surface area (TPSA) is 64.1 Å². The van der Waals surface area contributed by atoms with E-state index in [1.54, 1.807) is 25.6 Å². The van der Waals surface area contributed by atoms with Gasteiger partial charge >= 0.3 is 0 Å². The number of hydrogen-bond donors (Lipinski definition) is 1. The smallest absolute Gasteiger partial charge is 0.237 e. The van der Waals surface area contributed by atoms with E-state index in [1.807, 2.05) is 24.3 Å². The van der Waals surface area contributed by atoms with Crippen molar-refractivity contribution < 1.29 is 9.53 Å². The number of carbonyl (C=O) groups is 1. The molecule has 5 heteroatoms. The number of rotatable bonds is 4. The highest BCUT2D eigenvalue weighted by molar-refractivity contribution is 5.99. The Labute approximate surface area is 123 Å². The summed E-state index contributed by atoms with van der Waals surface area (Å²) < 4.78 is 5.42. The largest absolute Gasteiger partial charge is 0.496 e. The van der Waals surface area contributed by atoms with E-state index in [1.165, 1.54) is 0 Å². The monoisotopic (exact) mass is 283 g/mol. The molecule has 1 aromatic carbocycles. The lowest BCUT2D eigenvalue weighted by atomic mass is 9.63. The number of amides is 1. The SMILES string of the molecule is COc1ccccc1C1(C(=O)Nc2ncccn2)CCC1. The van der Waals surface area contributed by atoms with Gasteiger partial charge in [-0.1, -0.05) is 24.6 Å². The van der Waals surface area contributed by atoms with Crippen molar-refractivity contribution in [3.05, 3.63) is 48.3 Å². The molecule has 0 spiro atoms. The van der Waals surface area contributed by atoms with E-state index in [4.69, 9.17) is 4.74 Å². The second-order valence-corrected chi connectivity index (χ2v) is 5.16. The van der Waals surface area contributed by atoms with Crippen LogP contribution >= 0.6 is 0 Å². The van der Waals surface area contributed by atoms with Crippen molar-refractivity contribution in [3.63, 3.8) is 0 Å². The first-order valence-electron chi connectivity index (χ1n) is 6.98. The molecular formula is C16H17N3O2. The number of nitrogens with zero attached hydrogens (tertiary/aromatic N) is 2. The number of nitrogens with one attached hydrogen (secondary N) is 1. The van der Waals surface area contributed by atoms with Crippen molar-refractivity contribution in [1.82, 2.24) is 9.97 Å². The fourth-order valence-electron chi connectivity index (χ4n) is 2.77. The van der Waals surface area contributed by atoms with Crippen molar-refractivity contribution in [2.75, 3.05) is 12.4 Å². The molecule has 0 saturated heterocycles. The van der Waals surface area contributed by atoms with E-state index in [0.29, 0.717) is 5.95 Å². The summed E-state index contributed by atoms with van der Waals surface area (Å²) in [7, 11) is 1.63. The van der Waals surface area contributed by atoms with Gasteiger partial charge in [-0.05, 0) is 25.0 Å². The van der Waals surface area contributed by atoms with Crippen LogP contribution in [0.4, 0.5) is 5.95 Å². The first-order valence-corrected chi connectivity index (χ1v) is 6.98. The molecule has 1 N–H and O–H groups in total. The molecule has 2 aromatic rings. The molecule has 0 bridgehead atoms. The molecule has 1 aromatic heterocycles. The Hall–Kier alpha value is -2.43. The summed E-state index contributed by atoms with van der Waals surface area (Å²) in [5, 5.41) is 2.82. The first kappa shape index (κ1) is 13.5. The molecule has 0 radical (unpaired) electrons. The molecule has 1 amide bonds. The summed E-state index contributed by atoms with van der Waals surface area (Å²) in [5.41, 5.74) is 0.401. The quantitative estimate of drug-likeness (QED) is 0.936. The van der Waals surface area contributed by atoms with Crippen LogP contribution in [0.2, 0.25) is 0 Å². The minimum absolute atomic E-state index is 0.0653. The third-order valence-electron chi connectivity index (χ3n) is 4.06. The van der Waals surface area contributed by atoms with Gasteiger partial charge in [0.05, 0.1) is 12.5 Å². The van der Waals surface area contributed by atoms with Crippen LogP contribution in [0.3, 0.4) is 0 Å². The molecule has 1 saturated carbocycles. The highest BCUT2D eigenvalue weighted by atomic mass is 16.5. The Kier molecular flexibility index (Phi) is 3.56. The van der Waals surface area contributed by atoms with E-state index < -0.39 is 5.41 Å². The van der Waals surface area contributed by atoms with Gasteiger partial charge in [0, 0.05) is 18.0 Å². The molecule has 108 valence electrons. The van der Waals surface area contributed by atoms with E-state index in [-0.39, 0.29) is 5.91 Å². The van der Waals surface area contributed by atoms with Gasteiger partial charge in [-0.15, -0.1) is 0 Å². The highest BCUT2D eigenvalue weighted by Crippen LogP contribution is 2.47. The normalized spacial score (nSPS) is 15.9. The van der Waals surface area contributed by atoms with Crippen molar-refractivity contribution >= 4 is 11.9 Å². The molecule has 3 rings (SSSR count). The number of aromatic nitrogens is 2. The summed E-state index contributed by atoms with van der Waals surface area (Å²) in [4.78, 5) is 20.8. The van der Waals surface area contributed by atoms with Crippen LogP contribution in [0, 0.1) is 0 Å². The predicted molar refractivity (Wildman–Crippen MR) is 79.2 cm³/mol. The zero-order chi connectivity index (χ0) is 14.7. The predicted octanol–water partition coefficient (Wildman–Crippen LogP) is 2.55. The Bertz CT molecular complexity index is 639. The molecule has 5 nitrogen and oxygen atoms in total. The van der Waals surface area contributed by atoms with Crippen LogP contribution < -0.4 is 10.1 Å². The maximum absolute atomic E-state index is 12.7. The molecule has 0 unspecified atom stereocenters. The highest BCUT2D eigenvalue weighted by Gasteiger charge is 2.47. The molecule has 1 heterocycles. The minimum atomic E-state index is -0.536. The summed E-state index contributed by atoms with van der Waals surface area (Å²) in [6.07, 6.45) is 5.87. The van der Waals surface area contributed by atoms with E-state index >= 15 is 0 Å². The van der Waals surface area contributed by atoms with Crippen LogP contribution in [0.5, 0.6) is 5.75 Å². The zero-order valence-corrected chi connectivity index (χ0v) is 11.9. The maximum atomic E-state index is 12.7. The Morgan fingerprint density at radius 2 is 1.90 bits per heavy atom. The molecule has 21 heavy (non-hydrogen) atoms. The van der Waals surface area contributed by atoms with Crippen LogP contribution in [0.15, 0.2) is 42.7 Å². The fraction of sp³-hybridized carbons (Fsp3) is 0.312. The lowest BCUT2D eigenvalue weighted by Gasteiger charge is -2.41. The average molecular weight is 283 g/mol. The summed E-state index contributed by atoms with van der Waals surface area (Å²) in [5.74, 6) is 1.02. The van der Waals surface area contributed by atoms with Gasteiger partial charge in [0.1, 0.15) is 5.75 Å². The maximum Gasteiger partial charge on any atom is 0.237 e. The zero-order valence-electron chi connectivity index (χ0n) is 11.9. The number of para-hydroxylation sites is 1. The third-order valence-corrected chi connectivity index (χ3v) is 4.06. The van der Waals surface area contributed by atoms with E-state index in [0.717, 1.165) is 30.6 Å². The van der Waals surface area contributed by atoms with Gasteiger partial charge in [-0.25, -0.2) is 9.97 Å². The second-order valence-electron chi connectivity index (χ2n) is 5.16. The molecule has 1 fully saturated rings. The summed E-state index contributed by atoms with van der Waals surface area (Å²) >= 11 is 0. The van der Waals surface area contributed by atoms with Crippen LogP contribution in [-0.4, -0.2) is 23.0 Å². The number of hydrogen-bond acceptors (Lipinski definition) is 4. The molecule has 0 atom stereocenters. The van der Waals surface area contributed by atoms with Crippen molar-refractivity contribution in [2.45, 2.75) is 24.7 Å². The Balaban J connectivity index is 1.91. The summed E-state index contributed by atoms with van der Waals surface area (Å²) in [6, 6.07) is 9.41. The molecule has 1 aliphatic rings. The van der Waals surface area contributed by atoms with E-state index in [2.05, 4.69) is 15.3 Å². The van der Waals surface area contributed by atoms with Gasteiger partial charge < -0.3 is 4.74 Å². The van der Waals surface area contributed by atoms with Gasteiger partial charge in [0.25, 0.3) is 0 Å². The van der Waals surface area contributed by atoms with Crippen LogP contribution in [-0.2, 0) is 10.2 Å². The molecular weight excluding hydrogens is 266 g/mol. The summed E-state index contributed by atoms with van der Waals surface area (Å²) in [6.45, 7) is 0. The minimum Gasteiger partial charge on any atom is -0.496 e. The number of ether oxygens (including phenoxy) is 1. The van der Waals surface area contributed by atoms with Crippen LogP contribution in [0.1, 0.15) is 24.8 Å². The number of benzene rings is 1. The van der Waals surface area contributed by atoms with Crippen molar-refractivity contribution in [2.24, 2.45) is 0 Å². The number of methoxy groups -OCH3 is 1. The second kappa shape index (κ2) is 5.52. The van der Waals surface area contributed by atoms with Gasteiger partial charge in [0.2, 0.25) is 11.9 Å².